The third kappa shape index (κ3) is 2.34. The second-order valence-electron chi connectivity index (χ2n) is 4.45. The highest BCUT2D eigenvalue weighted by molar-refractivity contribution is 6.17. The minimum atomic E-state index is -0.468. The predicted molar refractivity (Wildman–Crippen MR) is 77.1 cm³/mol. The molecule has 1 heterocycles. The van der Waals surface area contributed by atoms with E-state index in [0.29, 0.717) is 22.5 Å². The largest absolute Gasteiger partial charge is 0.494 e. The van der Waals surface area contributed by atoms with Gasteiger partial charge in [-0.2, -0.15) is 0 Å². The first-order chi connectivity index (χ1) is 10.1. The van der Waals surface area contributed by atoms with Gasteiger partial charge >= 0.3 is 0 Å². The van der Waals surface area contributed by atoms with Crippen LogP contribution in [0.2, 0.25) is 0 Å². The van der Waals surface area contributed by atoms with Crippen molar-refractivity contribution < 1.29 is 13.5 Å². The lowest BCUT2D eigenvalue weighted by molar-refractivity contribution is 0.386. The fourth-order valence-electron chi connectivity index (χ4n) is 2.26. The summed E-state index contributed by atoms with van der Waals surface area (Å²) in [5, 5.41) is 0. The Morgan fingerprint density at radius 2 is 2.00 bits per heavy atom. The molecule has 108 valence electrons. The molecule has 3 rings (SSSR count). The summed E-state index contributed by atoms with van der Waals surface area (Å²) < 4.78 is 33.7. The molecule has 2 aromatic carbocycles. The Bertz CT molecular complexity index is 817. The van der Waals surface area contributed by atoms with E-state index in [9.17, 15) is 8.78 Å². The van der Waals surface area contributed by atoms with Crippen molar-refractivity contribution in [3.63, 3.8) is 0 Å². The second-order valence-corrected chi connectivity index (χ2v) is 4.72. The van der Waals surface area contributed by atoms with Gasteiger partial charge in [0.05, 0.1) is 29.7 Å². The molecule has 6 heteroatoms. The van der Waals surface area contributed by atoms with E-state index in [2.05, 4.69) is 4.98 Å². The SMILES string of the molecule is COc1cc(-n2c(CCl)nc3ccc(F)cc32)ccc1F. The van der Waals surface area contributed by atoms with Gasteiger partial charge < -0.3 is 4.74 Å². The molecule has 0 radical (unpaired) electrons. The molecule has 0 fully saturated rings. The molecular formula is C15H11ClF2N2O. The van der Waals surface area contributed by atoms with Crippen LogP contribution in [0.5, 0.6) is 5.75 Å². The molecule has 3 aromatic rings. The van der Waals surface area contributed by atoms with E-state index in [-0.39, 0.29) is 17.4 Å². The predicted octanol–water partition coefficient (Wildman–Crippen LogP) is 4.05. The molecule has 21 heavy (non-hydrogen) atoms. The van der Waals surface area contributed by atoms with Gasteiger partial charge in [-0.1, -0.05) is 0 Å². The maximum Gasteiger partial charge on any atom is 0.165 e. The molecule has 0 saturated heterocycles. The topological polar surface area (TPSA) is 27.1 Å². The van der Waals surface area contributed by atoms with Crippen molar-refractivity contribution in [2.75, 3.05) is 7.11 Å². The van der Waals surface area contributed by atoms with E-state index in [4.69, 9.17) is 16.3 Å². The summed E-state index contributed by atoms with van der Waals surface area (Å²) >= 11 is 5.92. The third-order valence-electron chi connectivity index (χ3n) is 3.20. The molecule has 0 aliphatic heterocycles. The van der Waals surface area contributed by atoms with E-state index in [1.54, 1.807) is 16.7 Å². The van der Waals surface area contributed by atoms with Crippen molar-refractivity contribution in [2.24, 2.45) is 0 Å². The number of hydrogen-bond acceptors (Lipinski definition) is 2. The van der Waals surface area contributed by atoms with Gasteiger partial charge in [0.15, 0.2) is 11.6 Å². The van der Waals surface area contributed by atoms with E-state index in [0.717, 1.165) is 0 Å². The zero-order valence-corrected chi connectivity index (χ0v) is 11.9. The first-order valence-electron chi connectivity index (χ1n) is 6.21. The van der Waals surface area contributed by atoms with Crippen LogP contribution < -0.4 is 4.74 Å². The lowest BCUT2D eigenvalue weighted by Gasteiger charge is -2.10. The number of benzene rings is 2. The molecule has 3 nitrogen and oxygen atoms in total. The number of imidazole rings is 1. The van der Waals surface area contributed by atoms with Crippen molar-refractivity contribution in [1.82, 2.24) is 9.55 Å². The zero-order valence-electron chi connectivity index (χ0n) is 11.1. The van der Waals surface area contributed by atoms with E-state index >= 15 is 0 Å². The van der Waals surface area contributed by atoms with Crippen LogP contribution in [0.1, 0.15) is 5.82 Å². The molecule has 0 atom stereocenters. The Balaban J connectivity index is 2.30. The van der Waals surface area contributed by atoms with Gasteiger partial charge in [0.1, 0.15) is 11.6 Å². The molecule has 0 spiro atoms. The standard InChI is InChI=1S/C15H11ClF2N2O/c1-21-14-7-10(3-4-11(14)18)20-13-6-9(17)2-5-12(13)19-15(20)8-16/h2-7H,8H2,1H3. The van der Waals surface area contributed by atoms with Gasteiger partial charge in [0.2, 0.25) is 0 Å². The quantitative estimate of drug-likeness (QED) is 0.683. The Morgan fingerprint density at radius 3 is 2.71 bits per heavy atom. The molecule has 0 aliphatic rings. The molecule has 0 N–H and O–H groups in total. The second kappa shape index (κ2) is 5.33. The van der Waals surface area contributed by atoms with Crippen LogP contribution in [0.25, 0.3) is 16.7 Å². The van der Waals surface area contributed by atoms with E-state index in [1.165, 1.54) is 31.4 Å². The molecule has 0 bridgehead atoms. The molecule has 0 saturated carbocycles. The van der Waals surface area contributed by atoms with Crippen molar-refractivity contribution in [1.29, 1.82) is 0 Å². The number of aromatic nitrogens is 2. The van der Waals surface area contributed by atoms with Crippen LogP contribution in [0.4, 0.5) is 8.78 Å². The lowest BCUT2D eigenvalue weighted by Crippen LogP contribution is -2.00. The highest BCUT2D eigenvalue weighted by Crippen LogP contribution is 2.27. The Labute approximate surface area is 124 Å². The monoisotopic (exact) mass is 308 g/mol. The van der Waals surface area contributed by atoms with Crippen molar-refractivity contribution in [2.45, 2.75) is 5.88 Å². The number of alkyl halides is 1. The Morgan fingerprint density at radius 1 is 1.19 bits per heavy atom. The van der Waals surface area contributed by atoms with Crippen molar-refractivity contribution in [3.8, 4) is 11.4 Å². The molecule has 0 unspecified atom stereocenters. The fourth-order valence-corrected chi connectivity index (χ4v) is 2.44. The summed E-state index contributed by atoms with van der Waals surface area (Å²) in [7, 11) is 1.39. The number of halogens is 3. The molecular weight excluding hydrogens is 298 g/mol. The number of ether oxygens (including phenoxy) is 1. The van der Waals surface area contributed by atoms with Gasteiger partial charge in [-0.25, -0.2) is 13.8 Å². The van der Waals surface area contributed by atoms with Gasteiger partial charge in [-0.15, -0.1) is 11.6 Å². The minimum Gasteiger partial charge on any atom is -0.494 e. The zero-order chi connectivity index (χ0) is 15.0. The fraction of sp³-hybridized carbons (Fsp3) is 0.133. The number of rotatable bonds is 3. The Hall–Kier alpha value is -2.14. The van der Waals surface area contributed by atoms with Gasteiger partial charge in [0, 0.05) is 12.1 Å². The smallest absolute Gasteiger partial charge is 0.165 e. The highest BCUT2D eigenvalue weighted by atomic mass is 35.5. The van der Waals surface area contributed by atoms with Crippen LogP contribution >= 0.6 is 11.6 Å². The molecule has 0 amide bonds. The summed E-state index contributed by atoms with van der Waals surface area (Å²) in [6.45, 7) is 0. The summed E-state index contributed by atoms with van der Waals surface area (Å²) in [5.41, 5.74) is 1.80. The minimum absolute atomic E-state index is 0.103. The van der Waals surface area contributed by atoms with Gasteiger partial charge in [-0.3, -0.25) is 4.57 Å². The molecule has 0 aliphatic carbocycles. The number of nitrogens with zero attached hydrogens (tertiary/aromatic N) is 2. The highest BCUT2D eigenvalue weighted by Gasteiger charge is 2.14. The van der Waals surface area contributed by atoms with Crippen molar-refractivity contribution in [3.05, 3.63) is 53.9 Å². The number of fused-ring (bicyclic) bond motifs is 1. The maximum absolute atomic E-state index is 13.5. The van der Waals surface area contributed by atoms with Crippen molar-refractivity contribution >= 4 is 22.6 Å². The van der Waals surface area contributed by atoms with Crippen LogP contribution in [0.15, 0.2) is 36.4 Å². The first-order valence-corrected chi connectivity index (χ1v) is 6.74. The van der Waals surface area contributed by atoms with Crippen LogP contribution in [-0.2, 0) is 5.88 Å². The first kappa shape index (κ1) is 13.8. The number of methoxy groups -OCH3 is 1. The van der Waals surface area contributed by atoms with Crippen LogP contribution in [-0.4, -0.2) is 16.7 Å². The summed E-state index contributed by atoms with van der Waals surface area (Å²) in [5.74, 6) is -0.0453. The third-order valence-corrected chi connectivity index (χ3v) is 3.44. The maximum atomic E-state index is 13.5. The average molecular weight is 309 g/mol. The van der Waals surface area contributed by atoms with E-state index in [1.807, 2.05) is 0 Å². The Kier molecular flexibility index (Phi) is 3.51. The average Bonchev–Trinajstić information content (AvgIpc) is 2.85. The van der Waals surface area contributed by atoms with Gasteiger partial charge in [0.25, 0.3) is 0 Å². The number of hydrogen-bond donors (Lipinski definition) is 0. The van der Waals surface area contributed by atoms with E-state index < -0.39 is 5.82 Å². The normalized spacial score (nSPS) is 11.0. The van der Waals surface area contributed by atoms with Gasteiger partial charge in [-0.05, 0) is 24.3 Å². The summed E-state index contributed by atoms with van der Waals surface area (Å²) in [6, 6.07) is 8.67. The summed E-state index contributed by atoms with van der Waals surface area (Å²) in [6.07, 6.45) is 0. The molecule has 1 aromatic heterocycles. The summed E-state index contributed by atoms with van der Waals surface area (Å²) in [4.78, 5) is 4.36. The van der Waals surface area contributed by atoms with Crippen LogP contribution in [0.3, 0.4) is 0 Å². The lowest BCUT2D eigenvalue weighted by atomic mass is 10.2. The van der Waals surface area contributed by atoms with Crippen LogP contribution in [0, 0.1) is 11.6 Å².